The number of amides is 2. The highest BCUT2D eigenvalue weighted by molar-refractivity contribution is 6.39. The number of nitrogens with zero attached hydrogens (tertiary/aromatic N) is 3. The molecule has 2 aromatic heterocycles. The normalized spacial score (nSPS) is 17.0. The number of aromatic nitrogens is 2. The molecule has 25 heavy (non-hydrogen) atoms. The van der Waals surface area contributed by atoms with E-state index in [9.17, 15) is 9.59 Å². The van der Waals surface area contributed by atoms with Crippen molar-refractivity contribution in [2.75, 3.05) is 25.6 Å². The highest BCUT2D eigenvalue weighted by Crippen LogP contribution is 2.33. The zero-order valence-corrected chi connectivity index (χ0v) is 14.4. The first-order valence-electron chi connectivity index (χ1n) is 8.28. The number of anilines is 1. The van der Waals surface area contributed by atoms with Gasteiger partial charge in [0.05, 0.1) is 31.1 Å². The van der Waals surface area contributed by atoms with E-state index in [1.165, 1.54) is 6.20 Å². The Hall–Kier alpha value is -2.61. The Labute approximate surface area is 145 Å². The van der Waals surface area contributed by atoms with Crippen molar-refractivity contribution >= 4 is 17.5 Å². The number of rotatable bonds is 5. The van der Waals surface area contributed by atoms with E-state index >= 15 is 0 Å². The molecule has 0 aliphatic carbocycles. The number of carbonyl (C=O) groups is 2. The second-order valence-corrected chi connectivity index (χ2v) is 6.04. The average molecular weight is 346 g/mol. The van der Waals surface area contributed by atoms with Crippen LogP contribution in [0.15, 0.2) is 28.9 Å². The number of furan rings is 1. The number of carbonyl (C=O) groups excluding carboxylic acids is 2. The fraction of sp³-hybridized carbons (Fsp3) is 0.471. The lowest BCUT2D eigenvalue weighted by molar-refractivity contribution is -0.144. The fourth-order valence-corrected chi connectivity index (χ4v) is 2.99. The molecule has 8 heteroatoms. The Morgan fingerprint density at radius 3 is 3.00 bits per heavy atom. The van der Waals surface area contributed by atoms with E-state index in [1.54, 1.807) is 22.9 Å². The standard InChI is InChI=1S/C17H22N4O4/c1-12-5-6-15(25-12)14-4-3-7-21(14)17(23)16(22)19-13-10-18-20(11-13)8-9-24-2/h5-6,10-11,14H,3-4,7-9H2,1-2H3,(H,19,22)/t14-/m1/s1. The van der Waals surface area contributed by atoms with Crippen molar-refractivity contribution in [3.8, 4) is 0 Å². The molecule has 134 valence electrons. The van der Waals surface area contributed by atoms with Crippen molar-refractivity contribution in [1.29, 1.82) is 0 Å². The summed E-state index contributed by atoms with van der Waals surface area (Å²) in [6.45, 7) is 3.50. The molecule has 1 aliphatic heterocycles. The second-order valence-electron chi connectivity index (χ2n) is 6.04. The maximum atomic E-state index is 12.5. The van der Waals surface area contributed by atoms with Gasteiger partial charge in [0.1, 0.15) is 11.5 Å². The van der Waals surface area contributed by atoms with Crippen molar-refractivity contribution in [3.63, 3.8) is 0 Å². The van der Waals surface area contributed by atoms with E-state index in [2.05, 4.69) is 10.4 Å². The third-order valence-electron chi connectivity index (χ3n) is 4.21. The van der Waals surface area contributed by atoms with Gasteiger partial charge in [0, 0.05) is 19.9 Å². The maximum absolute atomic E-state index is 12.5. The van der Waals surface area contributed by atoms with Gasteiger partial charge in [-0.3, -0.25) is 14.3 Å². The molecule has 8 nitrogen and oxygen atoms in total. The predicted octanol–water partition coefficient (Wildman–Crippen LogP) is 1.73. The molecule has 0 spiro atoms. The summed E-state index contributed by atoms with van der Waals surface area (Å²) in [5.74, 6) is 0.299. The summed E-state index contributed by atoms with van der Waals surface area (Å²) in [7, 11) is 1.61. The molecule has 0 saturated carbocycles. The van der Waals surface area contributed by atoms with Gasteiger partial charge in [-0.2, -0.15) is 5.10 Å². The lowest BCUT2D eigenvalue weighted by Crippen LogP contribution is -2.39. The van der Waals surface area contributed by atoms with E-state index in [4.69, 9.17) is 9.15 Å². The van der Waals surface area contributed by atoms with E-state index < -0.39 is 11.8 Å². The molecule has 1 N–H and O–H groups in total. The Balaban J connectivity index is 1.63. The van der Waals surface area contributed by atoms with Crippen molar-refractivity contribution in [3.05, 3.63) is 36.0 Å². The smallest absolute Gasteiger partial charge is 0.314 e. The Kier molecular flexibility index (Phi) is 5.18. The molecule has 1 fully saturated rings. The highest BCUT2D eigenvalue weighted by Gasteiger charge is 2.35. The van der Waals surface area contributed by atoms with Crippen LogP contribution >= 0.6 is 0 Å². The highest BCUT2D eigenvalue weighted by atomic mass is 16.5. The Bertz CT molecular complexity index is 751. The molecule has 3 rings (SSSR count). The summed E-state index contributed by atoms with van der Waals surface area (Å²) in [6.07, 6.45) is 4.82. The number of likely N-dealkylation sites (tertiary alicyclic amines) is 1. The van der Waals surface area contributed by atoms with Crippen molar-refractivity contribution in [2.45, 2.75) is 32.4 Å². The molecule has 0 unspecified atom stereocenters. The number of methoxy groups -OCH3 is 1. The summed E-state index contributed by atoms with van der Waals surface area (Å²) < 4.78 is 12.3. The topological polar surface area (TPSA) is 89.6 Å². The minimum absolute atomic E-state index is 0.184. The first-order valence-corrected chi connectivity index (χ1v) is 8.28. The van der Waals surface area contributed by atoms with Gasteiger partial charge in [-0.15, -0.1) is 0 Å². The van der Waals surface area contributed by atoms with Crippen LogP contribution in [0.5, 0.6) is 0 Å². The first kappa shape index (κ1) is 17.2. The van der Waals surface area contributed by atoms with Crippen molar-refractivity contribution in [1.82, 2.24) is 14.7 Å². The first-order chi connectivity index (χ1) is 12.1. The van der Waals surface area contributed by atoms with Gasteiger partial charge in [-0.25, -0.2) is 0 Å². The largest absolute Gasteiger partial charge is 0.464 e. The lowest BCUT2D eigenvalue weighted by atomic mass is 10.1. The maximum Gasteiger partial charge on any atom is 0.314 e. The van der Waals surface area contributed by atoms with Crippen LogP contribution in [0.2, 0.25) is 0 Å². The zero-order valence-electron chi connectivity index (χ0n) is 14.4. The summed E-state index contributed by atoms with van der Waals surface area (Å²) in [6, 6.07) is 3.55. The SMILES string of the molecule is COCCn1cc(NC(=O)C(=O)N2CCC[C@@H]2c2ccc(C)o2)cn1. The van der Waals surface area contributed by atoms with E-state index in [0.29, 0.717) is 25.4 Å². The third kappa shape index (κ3) is 3.90. The molecule has 2 aromatic rings. The van der Waals surface area contributed by atoms with E-state index in [-0.39, 0.29) is 6.04 Å². The van der Waals surface area contributed by atoms with E-state index in [1.807, 2.05) is 19.1 Å². The monoisotopic (exact) mass is 346 g/mol. The summed E-state index contributed by atoms with van der Waals surface area (Å²) in [4.78, 5) is 26.4. The average Bonchev–Trinajstić information content (AvgIpc) is 3.32. The van der Waals surface area contributed by atoms with Gasteiger partial charge in [0.2, 0.25) is 0 Å². The Morgan fingerprint density at radius 1 is 1.44 bits per heavy atom. The fourth-order valence-electron chi connectivity index (χ4n) is 2.99. The molecule has 1 saturated heterocycles. The summed E-state index contributed by atoms with van der Waals surface area (Å²) in [5, 5.41) is 6.72. The number of aryl methyl sites for hydroxylation is 1. The van der Waals surface area contributed by atoms with Gasteiger partial charge in [-0.1, -0.05) is 0 Å². The lowest BCUT2D eigenvalue weighted by Gasteiger charge is -2.22. The molecule has 3 heterocycles. The van der Waals surface area contributed by atoms with Gasteiger partial charge >= 0.3 is 11.8 Å². The van der Waals surface area contributed by atoms with Crippen LogP contribution in [0.3, 0.4) is 0 Å². The predicted molar refractivity (Wildman–Crippen MR) is 89.9 cm³/mol. The van der Waals surface area contributed by atoms with Crippen LogP contribution in [-0.2, 0) is 20.9 Å². The molecule has 0 aromatic carbocycles. The number of hydrogen-bond acceptors (Lipinski definition) is 5. The quantitative estimate of drug-likeness (QED) is 0.833. The minimum Gasteiger partial charge on any atom is -0.464 e. The number of hydrogen-bond donors (Lipinski definition) is 1. The molecular formula is C17H22N4O4. The van der Waals surface area contributed by atoms with E-state index in [0.717, 1.165) is 24.4 Å². The van der Waals surface area contributed by atoms with Gasteiger partial charge in [0.15, 0.2) is 0 Å². The van der Waals surface area contributed by atoms with Crippen LogP contribution in [0.1, 0.15) is 30.4 Å². The number of ether oxygens (including phenoxy) is 1. The van der Waals surface area contributed by atoms with Crippen LogP contribution < -0.4 is 5.32 Å². The van der Waals surface area contributed by atoms with Gasteiger partial charge in [0.25, 0.3) is 0 Å². The van der Waals surface area contributed by atoms with Crippen LogP contribution in [-0.4, -0.2) is 46.8 Å². The molecule has 0 bridgehead atoms. The summed E-state index contributed by atoms with van der Waals surface area (Å²) in [5.41, 5.74) is 0.485. The minimum atomic E-state index is -0.665. The van der Waals surface area contributed by atoms with Crippen LogP contribution in [0.25, 0.3) is 0 Å². The molecular weight excluding hydrogens is 324 g/mol. The third-order valence-corrected chi connectivity index (χ3v) is 4.21. The van der Waals surface area contributed by atoms with Crippen molar-refractivity contribution in [2.24, 2.45) is 0 Å². The van der Waals surface area contributed by atoms with Crippen LogP contribution in [0.4, 0.5) is 5.69 Å². The zero-order chi connectivity index (χ0) is 17.8. The van der Waals surface area contributed by atoms with Gasteiger partial charge < -0.3 is 19.4 Å². The molecule has 2 amide bonds. The van der Waals surface area contributed by atoms with Gasteiger partial charge in [-0.05, 0) is 31.9 Å². The number of nitrogens with one attached hydrogen (secondary N) is 1. The summed E-state index contributed by atoms with van der Waals surface area (Å²) >= 11 is 0. The molecule has 1 aliphatic rings. The molecule has 1 atom stereocenters. The van der Waals surface area contributed by atoms with Crippen LogP contribution in [0, 0.1) is 6.92 Å². The second kappa shape index (κ2) is 7.52. The molecule has 0 radical (unpaired) electrons. The Morgan fingerprint density at radius 2 is 2.28 bits per heavy atom. The van der Waals surface area contributed by atoms with Crippen molar-refractivity contribution < 1.29 is 18.7 Å².